The summed E-state index contributed by atoms with van der Waals surface area (Å²) in [6.45, 7) is 6.19. The third-order valence-corrected chi connectivity index (χ3v) is 6.26. The zero-order valence-corrected chi connectivity index (χ0v) is 17.6. The molecule has 0 aliphatic carbocycles. The highest BCUT2D eigenvalue weighted by atomic mass is 16.3. The molecule has 4 rings (SSSR count). The summed E-state index contributed by atoms with van der Waals surface area (Å²) >= 11 is 0. The first kappa shape index (κ1) is 22.0. The summed E-state index contributed by atoms with van der Waals surface area (Å²) in [4.78, 5) is 26.4. The maximum atomic E-state index is 13.5. The fourth-order valence-electron chi connectivity index (χ4n) is 4.73. The van der Waals surface area contributed by atoms with E-state index in [2.05, 4.69) is 48.8 Å². The van der Waals surface area contributed by atoms with Crippen LogP contribution in [0.15, 0.2) is 36.7 Å². The van der Waals surface area contributed by atoms with Crippen LogP contribution < -0.4 is 0 Å². The molecule has 0 radical (unpaired) electrons. The second kappa shape index (κ2) is 10.3. The predicted molar refractivity (Wildman–Crippen MR) is 113 cm³/mol. The van der Waals surface area contributed by atoms with Crippen molar-refractivity contribution in [2.45, 2.75) is 51.1 Å². The first-order valence-corrected chi connectivity index (χ1v) is 10.6. The molecule has 2 aliphatic rings. The van der Waals surface area contributed by atoms with Gasteiger partial charge in [0, 0.05) is 26.2 Å². The SMILES string of the molecule is Cc1nncn1CCN1CCCC12CCCN(CCc1ccccc1)C2=O.O=CO. The van der Waals surface area contributed by atoms with Gasteiger partial charge in [0.2, 0.25) is 5.91 Å². The molecule has 3 heterocycles. The number of likely N-dealkylation sites (tertiary alicyclic amines) is 2. The molecular formula is C22H31N5O3. The summed E-state index contributed by atoms with van der Waals surface area (Å²) in [6, 6.07) is 10.5. The third kappa shape index (κ3) is 4.87. The van der Waals surface area contributed by atoms with E-state index < -0.39 is 0 Å². The molecule has 30 heavy (non-hydrogen) atoms. The lowest BCUT2D eigenvalue weighted by Gasteiger charge is -2.44. The van der Waals surface area contributed by atoms with E-state index in [0.717, 1.165) is 70.7 Å². The zero-order valence-electron chi connectivity index (χ0n) is 17.6. The van der Waals surface area contributed by atoms with Crippen molar-refractivity contribution in [3.05, 3.63) is 48.0 Å². The summed E-state index contributed by atoms with van der Waals surface area (Å²) in [5, 5.41) is 14.9. The van der Waals surface area contributed by atoms with Gasteiger partial charge in [0.1, 0.15) is 17.7 Å². The van der Waals surface area contributed by atoms with Gasteiger partial charge >= 0.3 is 0 Å². The lowest BCUT2D eigenvalue weighted by atomic mass is 9.85. The molecule has 1 aromatic carbocycles. The van der Waals surface area contributed by atoms with Gasteiger partial charge in [-0.25, -0.2) is 0 Å². The van der Waals surface area contributed by atoms with Gasteiger partial charge < -0.3 is 14.6 Å². The standard InChI is InChI=1S/C21H29N5O.CH2O2/c1-18-23-22-17-25(18)15-16-26-13-6-11-21(26)10-5-12-24(20(21)27)14-9-19-7-3-2-4-8-19;2-1-3/h2-4,7-8,17H,5-6,9-16H2,1H3;1H,(H,2,3). The van der Waals surface area contributed by atoms with Crippen LogP contribution in [0.2, 0.25) is 0 Å². The molecule has 1 N–H and O–H groups in total. The lowest BCUT2D eigenvalue weighted by molar-refractivity contribution is -0.147. The highest BCUT2D eigenvalue weighted by molar-refractivity contribution is 5.87. The highest BCUT2D eigenvalue weighted by Crippen LogP contribution is 2.38. The summed E-state index contributed by atoms with van der Waals surface area (Å²) in [5.74, 6) is 1.28. The third-order valence-electron chi connectivity index (χ3n) is 6.26. The van der Waals surface area contributed by atoms with Gasteiger partial charge in [-0.05, 0) is 51.1 Å². The van der Waals surface area contributed by atoms with E-state index >= 15 is 0 Å². The van der Waals surface area contributed by atoms with Crippen molar-refractivity contribution in [2.24, 2.45) is 0 Å². The number of aryl methyl sites for hydroxylation is 1. The molecule has 2 aromatic rings. The summed E-state index contributed by atoms with van der Waals surface area (Å²) < 4.78 is 2.08. The number of piperidine rings is 1. The molecule has 1 atom stereocenters. The van der Waals surface area contributed by atoms with Crippen molar-refractivity contribution >= 4 is 12.4 Å². The van der Waals surface area contributed by atoms with E-state index in [-0.39, 0.29) is 12.0 Å². The Balaban J connectivity index is 0.000000806. The van der Waals surface area contributed by atoms with Crippen LogP contribution in [0.1, 0.15) is 37.1 Å². The van der Waals surface area contributed by atoms with Crippen LogP contribution >= 0.6 is 0 Å². The van der Waals surface area contributed by atoms with Crippen LogP contribution in [-0.4, -0.2) is 73.8 Å². The van der Waals surface area contributed by atoms with Gasteiger partial charge in [-0.1, -0.05) is 30.3 Å². The molecular weight excluding hydrogens is 382 g/mol. The first-order valence-electron chi connectivity index (χ1n) is 10.6. The Morgan fingerprint density at radius 1 is 1.10 bits per heavy atom. The Hall–Kier alpha value is -2.74. The van der Waals surface area contributed by atoms with Gasteiger partial charge in [0.25, 0.3) is 6.47 Å². The number of carbonyl (C=O) groups excluding carboxylic acids is 1. The van der Waals surface area contributed by atoms with E-state index in [1.807, 2.05) is 13.0 Å². The van der Waals surface area contributed by atoms with Gasteiger partial charge in [0.05, 0.1) is 0 Å². The van der Waals surface area contributed by atoms with Gasteiger partial charge in [-0.15, -0.1) is 10.2 Å². The van der Waals surface area contributed by atoms with Crippen LogP contribution in [0.25, 0.3) is 0 Å². The molecule has 1 unspecified atom stereocenters. The predicted octanol–water partition coefficient (Wildman–Crippen LogP) is 1.99. The summed E-state index contributed by atoms with van der Waals surface area (Å²) in [6.07, 6.45) is 6.92. The summed E-state index contributed by atoms with van der Waals surface area (Å²) in [7, 11) is 0. The average Bonchev–Trinajstić information content (AvgIpc) is 3.35. The van der Waals surface area contributed by atoms with Crippen LogP contribution in [-0.2, 0) is 22.6 Å². The lowest BCUT2D eigenvalue weighted by Crippen LogP contribution is -2.60. The van der Waals surface area contributed by atoms with E-state index in [9.17, 15) is 4.79 Å². The van der Waals surface area contributed by atoms with E-state index in [0.29, 0.717) is 5.91 Å². The molecule has 8 heteroatoms. The molecule has 2 fully saturated rings. The molecule has 0 bridgehead atoms. The zero-order chi connectivity index (χ0) is 21.4. The number of amides is 1. The Morgan fingerprint density at radius 2 is 1.80 bits per heavy atom. The van der Waals surface area contributed by atoms with Crippen molar-refractivity contribution in [1.29, 1.82) is 0 Å². The van der Waals surface area contributed by atoms with Gasteiger partial charge in [0.15, 0.2) is 0 Å². The van der Waals surface area contributed by atoms with Crippen LogP contribution in [0.3, 0.4) is 0 Å². The Labute approximate surface area is 177 Å². The average molecular weight is 414 g/mol. The monoisotopic (exact) mass is 413 g/mol. The quantitative estimate of drug-likeness (QED) is 0.728. The van der Waals surface area contributed by atoms with Crippen molar-refractivity contribution in [2.75, 3.05) is 26.2 Å². The normalized spacial score (nSPS) is 21.5. The van der Waals surface area contributed by atoms with Crippen molar-refractivity contribution in [1.82, 2.24) is 24.6 Å². The second-order valence-corrected chi connectivity index (χ2v) is 7.93. The highest BCUT2D eigenvalue weighted by Gasteiger charge is 2.50. The molecule has 1 amide bonds. The van der Waals surface area contributed by atoms with E-state index in [4.69, 9.17) is 9.90 Å². The first-order chi connectivity index (χ1) is 14.6. The maximum Gasteiger partial charge on any atom is 0.290 e. The number of benzene rings is 1. The number of rotatable bonds is 6. The number of nitrogens with zero attached hydrogens (tertiary/aromatic N) is 5. The Morgan fingerprint density at radius 3 is 2.47 bits per heavy atom. The van der Waals surface area contributed by atoms with Crippen LogP contribution in [0, 0.1) is 6.92 Å². The number of carboxylic acid groups (broad SMARTS) is 1. The van der Waals surface area contributed by atoms with Crippen LogP contribution in [0.5, 0.6) is 0 Å². The number of hydrogen-bond donors (Lipinski definition) is 1. The number of hydrogen-bond acceptors (Lipinski definition) is 5. The number of carbonyl (C=O) groups is 2. The van der Waals surface area contributed by atoms with Crippen LogP contribution in [0.4, 0.5) is 0 Å². The summed E-state index contributed by atoms with van der Waals surface area (Å²) in [5.41, 5.74) is 1.02. The van der Waals surface area contributed by atoms with Crippen molar-refractivity contribution in [3.8, 4) is 0 Å². The van der Waals surface area contributed by atoms with E-state index in [1.54, 1.807) is 6.33 Å². The molecule has 2 aliphatic heterocycles. The molecule has 8 nitrogen and oxygen atoms in total. The molecule has 0 saturated carbocycles. The minimum absolute atomic E-state index is 0.250. The smallest absolute Gasteiger partial charge is 0.290 e. The largest absolute Gasteiger partial charge is 0.483 e. The second-order valence-electron chi connectivity index (χ2n) is 7.93. The Bertz CT molecular complexity index is 825. The fraction of sp³-hybridized carbons (Fsp3) is 0.545. The molecule has 1 spiro atoms. The fourth-order valence-corrected chi connectivity index (χ4v) is 4.73. The van der Waals surface area contributed by atoms with E-state index in [1.165, 1.54) is 5.56 Å². The van der Waals surface area contributed by atoms with Crippen molar-refractivity contribution in [3.63, 3.8) is 0 Å². The molecule has 2 saturated heterocycles. The van der Waals surface area contributed by atoms with Gasteiger partial charge in [-0.3, -0.25) is 14.5 Å². The Kier molecular flexibility index (Phi) is 7.57. The minimum Gasteiger partial charge on any atom is -0.483 e. The van der Waals surface area contributed by atoms with Gasteiger partial charge in [-0.2, -0.15) is 0 Å². The minimum atomic E-state index is -0.281. The number of aromatic nitrogens is 3. The van der Waals surface area contributed by atoms with Crippen molar-refractivity contribution < 1.29 is 14.7 Å². The topological polar surface area (TPSA) is 91.6 Å². The maximum absolute atomic E-state index is 13.5. The molecule has 1 aromatic heterocycles. The molecule has 162 valence electrons.